The number of halogens is 1. The third-order valence-corrected chi connectivity index (χ3v) is 0.552. The molecule has 0 amide bonds. The van der Waals surface area contributed by atoms with Gasteiger partial charge in [-0.25, -0.2) is 10.9 Å². The summed E-state index contributed by atoms with van der Waals surface area (Å²) in [6, 6.07) is 0. The first-order valence-electron chi connectivity index (χ1n) is 1.71. The van der Waals surface area contributed by atoms with Crippen molar-refractivity contribution in [1.82, 2.24) is 16.4 Å². The minimum atomic E-state index is 0. The molecule has 1 aliphatic rings. The molecule has 0 spiro atoms. The monoisotopic (exact) mass is 201 g/mol. The summed E-state index contributed by atoms with van der Waals surface area (Å²) >= 11 is 0. The fraction of sp³-hybridized carbons (Fsp3) is 1.00. The first kappa shape index (κ1) is 6.61. The highest BCUT2D eigenvalue weighted by molar-refractivity contribution is 14.0. The van der Waals surface area contributed by atoms with Gasteiger partial charge in [0.25, 0.3) is 0 Å². The summed E-state index contributed by atoms with van der Waals surface area (Å²) in [4.78, 5) is 0. The maximum Gasteiger partial charge on any atom is 0.0253 e. The van der Waals surface area contributed by atoms with Gasteiger partial charge in [-0.2, -0.15) is 5.53 Å². The van der Waals surface area contributed by atoms with Gasteiger partial charge in [0.2, 0.25) is 0 Å². The van der Waals surface area contributed by atoms with E-state index in [4.69, 9.17) is 0 Å². The average Bonchev–Trinajstić information content (AvgIpc) is 1.76. The molecule has 0 radical (unpaired) electrons. The van der Waals surface area contributed by atoms with Crippen LogP contribution in [-0.2, 0) is 0 Å². The van der Waals surface area contributed by atoms with Gasteiger partial charge in [-0.1, -0.05) is 0 Å². The Bertz CT molecular complexity index is 20.4. The number of nitrogens with one attached hydrogen (secondary N) is 3. The molecule has 0 saturated carbocycles. The topological polar surface area (TPSA) is 36.1 Å². The van der Waals surface area contributed by atoms with Gasteiger partial charge in [-0.05, 0) is 0 Å². The van der Waals surface area contributed by atoms with E-state index in [2.05, 4.69) is 16.4 Å². The van der Waals surface area contributed by atoms with Crippen molar-refractivity contribution < 1.29 is 0 Å². The molecule has 1 heterocycles. The Labute approximate surface area is 53.8 Å². The second-order valence-corrected chi connectivity index (χ2v) is 0.979. The van der Waals surface area contributed by atoms with E-state index in [0.717, 1.165) is 13.1 Å². The SMILES string of the molecule is C1CNNN1.I. The second kappa shape index (κ2) is 3.79. The molecule has 3 nitrogen and oxygen atoms in total. The van der Waals surface area contributed by atoms with Crippen LogP contribution in [0.4, 0.5) is 0 Å². The Balaban J connectivity index is 0.000000250. The summed E-state index contributed by atoms with van der Waals surface area (Å²) in [6.07, 6.45) is 0. The van der Waals surface area contributed by atoms with Crippen LogP contribution in [0.1, 0.15) is 0 Å². The van der Waals surface area contributed by atoms with Gasteiger partial charge in [0.15, 0.2) is 0 Å². The lowest BCUT2D eigenvalue weighted by atomic mass is 10.7. The molecule has 6 heavy (non-hydrogen) atoms. The molecular formula is C2H8IN3. The first-order chi connectivity index (χ1) is 2.50. The molecule has 1 fully saturated rings. The molecule has 4 heteroatoms. The van der Waals surface area contributed by atoms with Crippen molar-refractivity contribution >= 4 is 24.0 Å². The predicted octanol–water partition coefficient (Wildman–Crippen LogP) is -0.783. The molecule has 0 unspecified atom stereocenters. The van der Waals surface area contributed by atoms with Gasteiger partial charge >= 0.3 is 0 Å². The van der Waals surface area contributed by atoms with Crippen molar-refractivity contribution in [2.75, 3.05) is 13.1 Å². The summed E-state index contributed by atoms with van der Waals surface area (Å²) < 4.78 is 0. The predicted molar refractivity (Wildman–Crippen MR) is 34.6 cm³/mol. The van der Waals surface area contributed by atoms with Crippen molar-refractivity contribution in [2.45, 2.75) is 0 Å². The lowest BCUT2D eigenvalue weighted by Crippen LogP contribution is -2.29. The zero-order valence-corrected chi connectivity index (χ0v) is 5.65. The van der Waals surface area contributed by atoms with E-state index >= 15 is 0 Å². The van der Waals surface area contributed by atoms with Crippen LogP contribution >= 0.6 is 24.0 Å². The van der Waals surface area contributed by atoms with E-state index in [-0.39, 0.29) is 24.0 Å². The Morgan fingerprint density at radius 2 is 1.50 bits per heavy atom. The van der Waals surface area contributed by atoms with Crippen molar-refractivity contribution in [3.8, 4) is 0 Å². The quantitative estimate of drug-likeness (QED) is 0.450. The molecule has 0 bridgehead atoms. The highest BCUT2D eigenvalue weighted by Crippen LogP contribution is 1.54. The molecule has 3 N–H and O–H groups in total. The van der Waals surface area contributed by atoms with Gasteiger partial charge in [-0.15, -0.1) is 24.0 Å². The van der Waals surface area contributed by atoms with Crippen molar-refractivity contribution in [1.29, 1.82) is 0 Å². The molecule has 0 atom stereocenters. The maximum atomic E-state index is 2.86. The van der Waals surface area contributed by atoms with Gasteiger partial charge in [0.05, 0.1) is 0 Å². The summed E-state index contributed by atoms with van der Waals surface area (Å²) in [5.74, 6) is 0. The van der Waals surface area contributed by atoms with Crippen LogP contribution in [0.3, 0.4) is 0 Å². The zero-order chi connectivity index (χ0) is 3.54. The molecule has 1 saturated heterocycles. The minimum absolute atomic E-state index is 0. The molecule has 0 aromatic carbocycles. The fourth-order valence-corrected chi connectivity index (χ4v) is 0.312. The number of rotatable bonds is 0. The highest BCUT2D eigenvalue weighted by Gasteiger charge is 1.89. The summed E-state index contributed by atoms with van der Waals surface area (Å²) in [5, 5.41) is 0. The zero-order valence-electron chi connectivity index (χ0n) is 3.32. The van der Waals surface area contributed by atoms with E-state index < -0.39 is 0 Å². The third kappa shape index (κ3) is 1.91. The van der Waals surface area contributed by atoms with Gasteiger partial charge < -0.3 is 0 Å². The van der Waals surface area contributed by atoms with E-state index in [1.807, 2.05) is 0 Å². The Kier molecular flexibility index (Phi) is 4.17. The summed E-state index contributed by atoms with van der Waals surface area (Å²) in [5.41, 5.74) is 8.44. The molecule has 1 rings (SSSR count). The van der Waals surface area contributed by atoms with E-state index in [1.165, 1.54) is 0 Å². The minimum Gasteiger partial charge on any atom is -0.243 e. The highest BCUT2D eigenvalue weighted by atomic mass is 127. The van der Waals surface area contributed by atoms with Crippen LogP contribution in [0, 0.1) is 0 Å². The van der Waals surface area contributed by atoms with Crippen molar-refractivity contribution in [3.63, 3.8) is 0 Å². The molecule has 0 aromatic heterocycles. The lowest BCUT2D eigenvalue weighted by molar-refractivity contribution is 0.592. The Morgan fingerprint density at radius 3 is 1.67 bits per heavy atom. The van der Waals surface area contributed by atoms with Gasteiger partial charge in [0.1, 0.15) is 0 Å². The van der Waals surface area contributed by atoms with E-state index in [0.29, 0.717) is 0 Å². The van der Waals surface area contributed by atoms with Gasteiger partial charge in [0, 0.05) is 13.1 Å². The smallest absolute Gasteiger partial charge is 0.0253 e. The summed E-state index contributed by atoms with van der Waals surface area (Å²) in [6.45, 7) is 2.06. The lowest BCUT2D eigenvalue weighted by Gasteiger charge is -1.82. The van der Waals surface area contributed by atoms with Crippen LogP contribution in [0.5, 0.6) is 0 Å². The maximum absolute atomic E-state index is 2.86. The van der Waals surface area contributed by atoms with E-state index in [1.54, 1.807) is 0 Å². The molecule has 0 aliphatic carbocycles. The first-order valence-corrected chi connectivity index (χ1v) is 1.71. The fourth-order valence-electron chi connectivity index (χ4n) is 0.312. The normalized spacial score (nSPS) is 20.0. The Hall–Kier alpha value is 0.610. The largest absolute Gasteiger partial charge is 0.243 e. The van der Waals surface area contributed by atoms with Crippen LogP contribution in [-0.4, -0.2) is 13.1 Å². The van der Waals surface area contributed by atoms with Crippen molar-refractivity contribution in [2.24, 2.45) is 0 Å². The molecule has 1 aliphatic heterocycles. The number of hydrogen-bond acceptors (Lipinski definition) is 3. The van der Waals surface area contributed by atoms with Crippen LogP contribution in [0.25, 0.3) is 0 Å². The van der Waals surface area contributed by atoms with E-state index in [9.17, 15) is 0 Å². The van der Waals surface area contributed by atoms with Crippen LogP contribution < -0.4 is 16.4 Å². The summed E-state index contributed by atoms with van der Waals surface area (Å²) in [7, 11) is 0. The molecule has 38 valence electrons. The van der Waals surface area contributed by atoms with Crippen LogP contribution in [0.2, 0.25) is 0 Å². The number of hydrogen-bond donors (Lipinski definition) is 3. The van der Waals surface area contributed by atoms with Crippen LogP contribution in [0.15, 0.2) is 0 Å². The number of hydrazine groups is 2. The molecule has 0 aromatic rings. The Morgan fingerprint density at radius 1 is 1.00 bits per heavy atom. The van der Waals surface area contributed by atoms with Gasteiger partial charge in [-0.3, -0.25) is 0 Å². The third-order valence-electron chi connectivity index (χ3n) is 0.552. The molecular weight excluding hydrogens is 193 g/mol. The van der Waals surface area contributed by atoms with Crippen molar-refractivity contribution in [3.05, 3.63) is 0 Å². The second-order valence-electron chi connectivity index (χ2n) is 0.979. The standard InChI is InChI=1S/C2H7N3.HI/c1-2-4-5-3-1;/h3-5H,1-2H2;1H. The average molecular weight is 201 g/mol.